The first-order valence-corrected chi connectivity index (χ1v) is 7.18. The lowest BCUT2D eigenvalue weighted by atomic mass is 10.1. The molecule has 0 saturated carbocycles. The van der Waals surface area contributed by atoms with Gasteiger partial charge in [-0.1, -0.05) is 40.3 Å². The first-order chi connectivity index (χ1) is 8.58. The molecule has 5 heteroatoms. The average Bonchev–Trinajstić information content (AvgIpc) is 2.32. The van der Waals surface area contributed by atoms with Crippen molar-refractivity contribution in [2.24, 2.45) is 5.73 Å². The van der Waals surface area contributed by atoms with Gasteiger partial charge in [0, 0.05) is 20.2 Å². The van der Waals surface area contributed by atoms with Gasteiger partial charge in [-0.3, -0.25) is 0 Å². The fourth-order valence-electron chi connectivity index (χ4n) is 1.54. The van der Waals surface area contributed by atoms with Crippen molar-refractivity contribution in [3.05, 3.63) is 57.0 Å². The Hall–Kier alpha value is -0.910. The molecule has 0 aliphatic heterocycles. The number of anilines is 2. The molecule has 2 rings (SSSR count). The minimum Gasteiger partial charge on any atom is -0.389 e. The number of thiocarbonyl (C=S) groups is 1. The van der Waals surface area contributed by atoms with E-state index in [-0.39, 0.29) is 0 Å². The minimum atomic E-state index is 0.372. The highest BCUT2D eigenvalue weighted by Gasteiger charge is 2.07. The van der Waals surface area contributed by atoms with E-state index >= 15 is 0 Å². The zero-order valence-corrected chi connectivity index (χ0v) is 13.3. The van der Waals surface area contributed by atoms with Gasteiger partial charge in [-0.2, -0.15) is 0 Å². The van der Waals surface area contributed by atoms with E-state index in [1.54, 1.807) is 0 Å². The van der Waals surface area contributed by atoms with Gasteiger partial charge in [0.25, 0.3) is 0 Å². The van der Waals surface area contributed by atoms with Crippen LogP contribution in [-0.2, 0) is 0 Å². The maximum Gasteiger partial charge on any atom is 0.106 e. The summed E-state index contributed by atoms with van der Waals surface area (Å²) in [6.45, 7) is 0. The molecule has 2 aromatic rings. The molecule has 0 atom stereocenters. The number of para-hydroxylation sites is 1. The summed E-state index contributed by atoms with van der Waals surface area (Å²) in [6, 6.07) is 13.6. The van der Waals surface area contributed by atoms with E-state index in [4.69, 9.17) is 18.0 Å². The monoisotopic (exact) mass is 384 g/mol. The van der Waals surface area contributed by atoms with Crippen LogP contribution in [0.4, 0.5) is 11.4 Å². The summed E-state index contributed by atoms with van der Waals surface area (Å²) in [7, 11) is 0. The van der Waals surface area contributed by atoms with Crippen LogP contribution >= 0.6 is 44.1 Å². The normalized spacial score (nSPS) is 10.1. The Kier molecular flexibility index (Phi) is 4.37. The Balaban J connectivity index is 2.42. The Morgan fingerprint density at radius 2 is 1.78 bits per heavy atom. The van der Waals surface area contributed by atoms with Gasteiger partial charge in [0.05, 0.1) is 5.69 Å². The standard InChI is InChI=1S/C13H10Br2N2S/c14-8-5-6-9(13(16)18)12(7-8)17-11-4-2-1-3-10(11)15/h1-7,17H,(H2,16,18). The third-order valence-electron chi connectivity index (χ3n) is 2.39. The van der Waals surface area contributed by atoms with Gasteiger partial charge in [-0.25, -0.2) is 0 Å². The Labute approximate surface area is 128 Å². The van der Waals surface area contributed by atoms with Crippen molar-refractivity contribution in [2.75, 3.05) is 5.32 Å². The maximum atomic E-state index is 5.72. The molecule has 2 nitrogen and oxygen atoms in total. The molecule has 0 unspecified atom stereocenters. The number of nitrogens with two attached hydrogens (primary N) is 1. The first-order valence-electron chi connectivity index (χ1n) is 5.19. The van der Waals surface area contributed by atoms with E-state index in [1.807, 2.05) is 42.5 Å². The van der Waals surface area contributed by atoms with Gasteiger partial charge >= 0.3 is 0 Å². The molecule has 2 aromatic carbocycles. The van der Waals surface area contributed by atoms with Gasteiger partial charge in [0.2, 0.25) is 0 Å². The van der Waals surface area contributed by atoms with Crippen LogP contribution in [0.25, 0.3) is 0 Å². The summed E-state index contributed by atoms with van der Waals surface area (Å²) in [5.74, 6) is 0. The van der Waals surface area contributed by atoms with E-state index in [0.717, 1.165) is 25.9 Å². The molecule has 0 aromatic heterocycles. The van der Waals surface area contributed by atoms with Crippen molar-refractivity contribution in [2.45, 2.75) is 0 Å². The molecule has 0 spiro atoms. The molecule has 3 N–H and O–H groups in total. The van der Waals surface area contributed by atoms with Crippen LogP contribution in [0.3, 0.4) is 0 Å². The number of nitrogens with one attached hydrogen (secondary N) is 1. The van der Waals surface area contributed by atoms with Crippen LogP contribution in [0.5, 0.6) is 0 Å². The van der Waals surface area contributed by atoms with E-state index in [1.165, 1.54) is 0 Å². The van der Waals surface area contributed by atoms with Crippen molar-refractivity contribution in [3.63, 3.8) is 0 Å². The fraction of sp³-hybridized carbons (Fsp3) is 0. The van der Waals surface area contributed by atoms with Crippen molar-refractivity contribution >= 4 is 60.4 Å². The van der Waals surface area contributed by atoms with Crippen LogP contribution in [0, 0.1) is 0 Å². The third-order valence-corrected chi connectivity index (χ3v) is 3.79. The first kappa shape index (κ1) is 13.5. The molecule has 0 saturated heterocycles. The smallest absolute Gasteiger partial charge is 0.106 e. The average molecular weight is 386 g/mol. The molecule has 18 heavy (non-hydrogen) atoms. The van der Waals surface area contributed by atoms with Crippen LogP contribution in [0.1, 0.15) is 5.56 Å². The SMILES string of the molecule is NC(=S)c1ccc(Br)cc1Nc1ccccc1Br. The summed E-state index contributed by atoms with van der Waals surface area (Å²) >= 11 is 12.0. The maximum absolute atomic E-state index is 5.72. The summed E-state index contributed by atoms with van der Waals surface area (Å²) in [6.07, 6.45) is 0. The number of benzene rings is 2. The second-order valence-corrected chi connectivity index (χ2v) is 5.87. The van der Waals surface area contributed by atoms with Gasteiger partial charge < -0.3 is 11.1 Å². The molecule has 92 valence electrons. The van der Waals surface area contributed by atoms with E-state index in [0.29, 0.717) is 4.99 Å². The molecule has 0 heterocycles. The van der Waals surface area contributed by atoms with Gasteiger partial charge in [-0.05, 0) is 46.3 Å². The van der Waals surface area contributed by atoms with Crippen LogP contribution < -0.4 is 11.1 Å². The zero-order valence-electron chi connectivity index (χ0n) is 9.28. The lowest BCUT2D eigenvalue weighted by Crippen LogP contribution is -2.11. The highest BCUT2D eigenvalue weighted by Crippen LogP contribution is 2.29. The highest BCUT2D eigenvalue weighted by atomic mass is 79.9. The molecule has 0 radical (unpaired) electrons. The van der Waals surface area contributed by atoms with E-state index in [9.17, 15) is 0 Å². The second-order valence-electron chi connectivity index (χ2n) is 3.66. The largest absolute Gasteiger partial charge is 0.389 e. The quantitative estimate of drug-likeness (QED) is 0.759. The van der Waals surface area contributed by atoms with Crippen LogP contribution in [0.15, 0.2) is 51.4 Å². The second kappa shape index (κ2) is 5.82. The Morgan fingerprint density at radius 3 is 2.44 bits per heavy atom. The Bertz CT molecular complexity index is 599. The predicted molar refractivity (Wildman–Crippen MR) is 87.5 cm³/mol. The lowest BCUT2D eigenvalue weighted by molar-refractivity contribution is 1.49. The van der Waals surface area contributed by atoms with Crippen molar-refractivity contribution in [3.8, 4) is 0 Å². The summed E-state index contributed by atoms with van der Waals surface area (Å²) < 4.78 is 1.95. The molecule has 0 aliphatic carbocycles. The highest BCUT2D eigenvalue weighted by molar-refractivity contribution is 9.10. The van der Waals surface area contributed by atoms with Gasteiger partial charge in [0.15, 0.2) is 0 Å². The van der Waals surface area contributed by atoms with E-state index in [2.05, 4.69) is 37.2 Å². The molecule has 0 amide bonds. The Morgan fingerprint density at radius 1 is 1.06 bits per heavy atom. The molecule has 0 bridgehead atoms. The van der Waals surface area contributed by atoms with Gasteiger partial charge in [0.1, 0.15) is 4.99 Å². The van der Waals surface area contributed by atoms with Crippen LogP contribution in [-0.4, -0.2) is 4.99 Å². The summed E-state index contributed by atoms with van der Waals surface area (Å²) in [4.78, 5) is 0.372. The molecule has 0 aliphatic rings. The molecular formula is C13H10Br2N2S. The predicted octanol–water partition coefficient (Wildman–Crippen LogP) is 4.59. The number of rotatable bonds is 3. The number of hydrogen-bond acceptors (Lipinski definition) is 2. The van der Waals surface area contributed by atoms with Crippen molar-refractivity contribution in [1.82, 2.24) is 0 Å². The summed E-state index contributed by atoms with van der Waals surface area (Å²) in [5, 5.41) is 3.32. The number of halogens is 2. The minimum absolute atomic E-state index is 0.372. The number of hydrogen-bond donors (Lipinski definition) is 2. The van der Waals surface area contributed by atoms with Gasteiger partial charge in [-0.15, -0.1) is 0 Å². The van der Waals surface area contributed by atoms with Crippen molar-refractivity contribution < 1.29 is 0 Å². The topological polar surface area (TPSA) is 38.0 Å². The zero-order chi connectivity index (χ0) is 13.1. The third kappa shape index (κ3) is 3.10. The van der Waals surface area contributed by atoms with Crippen LogP contribution in [0.2, 0.25) is 0 Å². The summed E-state index contributed by atoms with van der Waals surface area (Å²) in [5.41, 5.74) is 8.39. The molecule has 0 fully saturated rings. The van der Waals surface area contributed by atoms with E-state index < -0.39 is 0 Å². The van der Waals surface area contributed by atoms with Crippen molar-refractivity contribution in [1.29, 1.82) is 0 Å². The lowest BCUT2D eigenvalue weighted by Gasteiger charge is -2.13. The fourth-order valence-corrected chi connectivity index (χ4v) is 2.47. The molecular weight excluding hydrogens is 376 g/mol.